The second kappa shape index (κ2) is 9.07. The third kappa shape index (κ3) is 3.84. The fourth-order valence-corrected chi connectivity index (χ4v) is 5.70. The van der Waals surface area contributed by atoms with Crippen LogP contribution in [0.15, 0.2) is 79.0 Å². The Labute approximate surface area is 216 Å². The van der Waals surface area contributed by atoms with E-state index < -0.39 is 0 Å². The molecule has 6 rings (SSSR count). The van der Waals surface area contributed by atoms with E-state index in [1.54, 1.807) is 0 Å². The zero-order chi connectivity index (χ0) is 24.8. The summed E-state index contributed by atoms with van der Waals surface area (Å²) in [6, 6.07) is 23.7. The van der Waals surface area contributed by atoms with E-state index in [2.05, 4.69) is 70.7 Å². The first kappa shape index (κ1) is 22.7. The van der Waals surface area contributed by atoms with Gasteiger partial charge in [-0.1, -0.05) is 72.4 Å². The molecule has 1 N–H and O–H groups in total. The van der Waals surface area contributed by atoms with Crippen molar-refractivity contribution in [3.63, 3.8) is 0 Å². The second-order valence-electron chi connectivity index (χ2n) is 9.66. The van der Waals surface area contributed by atoms with Crippen LogP contribution in [0.1, 0.15) is 35.2 Å². The summed E-state index contributed by atoms with van der Waals surface area (Å²) in [5.41, 5.74) is 11.3. The molecule has 0 bridgehead atoms. The molecule has 5 heteroatoms. The van der Waals surface area contributed by atoms with Gasteiger partial charge in [-0.25, -0.2) is 4.39 Å². The monoisotopic (exact) mass is 493 g/mol. The van der Waals surface area contributed by atoms with Gasteiger partial charge in [0.05, 0.1) is 11.4 Å². The average Bonchev–Trinajstić information content (AvgIpc) is 3.29. The van der Waals surface area contributed by atoms with Crippen LogP contribution < -0.4 is 5.32 Å². The maximum Gasteiger partial charge on any atom is 0.128 e. The summed E-state index contributed by atoms with van der Waals surface area (Å²) in [5, 5.41) is 3.52. The predicted octanol–water partition coefficient (Wildman–Crippen LogP) is 7.95. The van der Waals surface area contributed by atoms with Gasteiger partial charge in [0.25, 0.3) is 0 Å². The largest absolute Gasteiger partial charge is 0.345 e. The summed E-state index contributed by atoms with van der Waals surface area (Å²) < 4.78 is 18.6. The molecule has 5 aromatic rings. The van der Waals surface area contributed by atoms with Crippen LogP contribution in [0, 0.1) is 19.7 Å². The van der Waals surface area contributed by atoms with Crippen molar-refractivity contribution in [3.05, 3.63) is 107 Å². The van der Waals surface area contributed by atoms with Crippen LogP contribution in [0.3, 0.4) is 0 Å². The molecule has 0 radical (unpaired) electrons. The number of hydrogen-bond acceptors (Lipinski definition) is 1. The third-order valence-corrected chi connectivity index (χ3v) is 7.52. The zero-order valence-corrected chi connectivity index (χ0v) is 21.3. The number of aromatic nitrogens is 2. The van der Waals surface area contributed by atoms with Crippen molar-refractivity contribution in [2.75, 3.05) is 5.32 Å². The van der Waals surface area contributed by atoms with Gasteiger partial charge < -0.3 is 9.88 Å². The minimum absolute atomic E-state index is 0.235. The molecule has 180 valence electrons. The Balaban J connectivity index is 1.62. The predicted molar refractivity (Wildman–Crippen MR) is 150 cm³/mol. The molecule has 1 aliphatic heterocycles. The molecule has 0 aliphatic carbocycles. The SMILES string of the molecule is Cc1ccc(-c2cn3c(C(=S)Nc4ccccc4C)c(-c4ccc(F)cc4)c4c3n2CCCC4)cc1. The maximum atomic E-state index is 13.9. The highest BCUT2D eigenvalue weighted by Gasteiger charge is 2.28. The second-order valence-corrected chi connectivity index (χ2v) is 10.1. The van der Waals surface area contributed by atoms with Crippen molar-refractivity contribution in [1.82, 2.24) is 8.97 Å². The number of hydrogen-bond donors (Lipinski definition) is 1. The molecule has 0 saturated heterocycles. The highest BCUT2D eigenvalue weighted by Crippen LogP contribution is 2.40. The number of nitrogens with one attached hydrogen (secondary N) is 1. The Morgan fingerprint density at radius 1 is 0.889 bits per heavy atom. The Morgan fingerprint density at radius 2 is 1.61 bits per heavy atom. The van der Waals surface area contributed by atoms with Crippen molar-refractivity contribution in [2.45, 2.75) is 39.7 Å². The molecule has 0 unspecified atom stereocenters. The van der Waals surface area contributed by atoms with Crippen LogP contribution >= 0.6 is 12.2 Å². The maximum absolute atomic E-state index is 13.9. The molecule has 3 nitrogen and oxygen atoms in total. The van der Waals surface area contributed by atoms with Gasteiger partial charge in [-0.15, -0.1) is 0 Å². The number of rotatable bonds is 4. The van der Waals surface area contributed by atoms with Gasteiger partial charge in [0.2, 0.25) is 0 Å². The number of thiocarbonyl (C=S) groups is 1. The van der Waals surface area contributed by atoms with E-state index in [1.165, 1.54) is 40.2 Å². The van der Waals surface area contributed by atoms with Gasteiger partial charge in [0, 0.05) is 29.6 Å². The van der Waals surface area contributed by atoms with Gasteiger partial charge in [-0.05, 0) is 68.0 Å². The van der Waals surface area contributed by atoms with Gasteiger partial charge in [-0.2, -0.15) is 0 Å². The van der Waals surface area contributed by atoms with Crippen molar-refractivity contribution in [3.8, 4) is 22.4 Å². The molecule has 1 aliphatic rings. The number of para-hydroxylation sites is 1. The lowest BCUT2D eigenvalue weighted by Crippen LogP contribution is -2.14. The summed E-state index contributed by atoms with van der Waals surface area (Å²) in [5.74, 6) is -0.235. The van der Waals surface area contributed by atoms with E-state index in [1.807, 2.05) is 24.3 Å². The Hall–Kier alpha value is -3.70. The molecular formula is C31H28FN3S. The van der Waals surface area contributed by atoms with E-state index in [9.17, 15) is 4.39 Å². The molecule has 0 amide bonds. The quantitative estimate of drug-likeness (QED) is 0.257. The van der Waals surface area contributed by atoms with E-state index in [4.69, 9.17) is 12.2 Å². The molecule has 3 aromatic carbocycles. The molecular weight excluding hydrogens is 465 g/mol. The highest BCUT2D eigenvalue weighted by molar-refractivity contribution is 7.81. The lowest BCUT2D eigenvalue weighted by Gasteiger charge is -2.13. The van der Waals surface area contributed by atoms with Gasteiger partial charge in [-0.3, -0.25) is 4.40 Å². The van der Waals surface area contributed by atoms with Crippen LogP contribution in [0.25, 0.3) is 28.0 Å². The Morgan fingerprint density at radius 3 is 2.36 bits per heavy atom. The standard InChI is InChI=1S/C31H28FN3S/c1-20-10-12-22(13-11-20)27-19-35-29(30(36)33-26-9-4-3-7-21(26)2)28(23-14-16-24(32)17-15-23)25-8-5-6-18-34(27)31(25)35/h3-4,7,9-17,19H,5-6,8,18H2,1-2H3,(H,33,36). The molecule has 36 heavy (non-hydrogen) atoms. The first-order valence-electron chi connectivity index (χ1n) is 12.5. The third-order valence-electron chi connectivity index (χ3n) is 7.22. The van der Waals surface area contributed by atoms with E-state index >= 15 is 0 Å². The van der Waals surface area contributed by atoms with Crippen LogP contribution in [-0.4, -0.2) is 14.0 Å². The number of halogens is 1. The van der Waals surface area contributed by atoms with E-state index in [0.29, 0.717) is 4.99 Å². The average molecular weight is 494 g/mol. The number of nitrogens with zero attached hydrogens (tertiary/aromatic N) is 2. The van der Waals surface area contributed by atoms with E-state index in [-0.39, 0.29) is 5.82 Å². The lowest BCUT2D eigenvalue weighted by molar-refractivity contribution is 0.628. The zero-order valence-electron chi connectivity index (χ0n) is 20.5. The Bertz CT molecular complexity index is 1590. The van der Waals surface area contributed by atoms with Gasteiger partial charge >= 0.3 is 0 Å². The smallest absolute Gasteiger partial charge is 0.128 e. The fraction of sp³-hybridized carbons (Fsp3) is 0.194. The van der Waals surface area contributed by atoms with Gasteiger partial charge in [0.15, 0.2) is 0 Å². The number of imidazole rings is 1. The summed E-state index contributed by atoms with van der Waals surface area (Å²) in [6.45, 7) is 5.15. The number of aryl methyl sites for hydroxylation is 4. The minimum atomic E-state index is -0.235. The van der Waals surface area contributed by atoms with Crippen LogP contribution in [0.5, 0.6) is 0 Å². The van der Waals surface area contributed by atoms with Crippen molar-refractivity contribution < 1.29 is 4.39 Å². The lowest BCUT2D eigenvalue weighted by atomic mass is 9.98. The summed E-state index contributed by atoms with van der Waals surface area (Å²) >= 11 is 6.09. The topological polar surface area (TPSA) is 21.4 Å². The normalized spacial score (nSPS) is 13.1. The number of benzene rings is 3. The summed E-state index contributed by atoms with van der Waals surface area (Å²) in [6.07, 6.45) is 5.39. The molecule has 3 heterocycles. The van der Waals surface area contributed by atoms with Gasteiger partial charge in [0.1, 0.15) is 16.5 Å². The van der Waals surface area contributed by atoms with Crippen LogP contribution in [-0.2, 0) is 13.0 Å². The summed E-state index contributed by atoms with van der Waals surface area (Å²) in [4.78, 5) is 0.665. The minimum Gasteiger partial charge on any atom is -0.345 e. The molecule has 0 saturated carbocycles. The summed E-state index contributed by atoms with van der Waals surface area (Å²) in [7, 11) is 0. The molecule has 0 fully saturated rings. The first-order valence-corrected chi connectivity index (χ1v) is 12.9. The van der Waals surface area contributed by atoms with Crippen LogP contribution in [0.4, 0.5) is 10.1 Å². The first-order chi connectivity index (χ1) is 17.5. The van der Waals surface area contributed by atoms with Crippen LogP contribution in [0.2, 0.25) is 0 Å². The number of anilines is 1. The highest BCUT2D eigenvalue weighted by atomic mass is 32.1. The Kier molecular flexibility index (Phi) is 5.73. The molecule has 0 atom stereocenters. The van der Waals surface area contributed by atoms with Crippen molar-refractivity contribution >= 4 is 28.5 Å². The fourth-order valence-electron chi connectivity index (χ4n) is 5.39. The van der Waals surface area contributed by atoms with Crippen molar-refractivity contribution in [2.24, 2.45) is 0 Å². The molecule has 0 spiro atoms. The van der Waals surface area contributed by atoms with Crippen molar-refractivity contribution in [1.29, 1.82) is 0 Å². The molecule has 2 aromatic heterocycles. The van der Waals surface area contributed by atoms with E-state index in [0.717, 1.165) is 53.9 Å².